The Morgan fingerprint density at radius 3 is 2.96 bits per heavy atom. The van der Waals surface area contributed by atoms with Crippen LogP contribution in [0.15, 0.2) is 52.3 Å². The quantitative estimate of drug-likeness (QED) is 0.560. The molecule has 2 aliphatic heterocycles. The molecule has 1 saturated heterocycles. The lowest BCUT2D eigenvalue weighted by atomic mass is 9.85. The number of hydrogen-bond donors (Lipinski definition) is 1. The average molecular weight is 416 g/mol. The smallest absolute Gasteiger partial charge is 0.303 e. The van der Waals surface area contributed by atoms with Crippen molar-refractivity contribution >= 4 is 58.0 Å². The van der Waals surface area contributed by atoms with Crippen molar-refractivity contribution in [2.24, 2.45) is 5.92 Å². The lowest BCUT2D eigenvalue weighted by molar-refractivity contribution is -0.137. The highest BCUT2D eigenvalue weighted by molar-refractivity contribution is 8.26. The van der Waals surface area contributed by atoms with E-state index in [1.54, 1.807) is 11.8 Å². The molecule has 3 aliphatic rings. The molecule has 7 heteroatoms. The van der Waals surface area contributed by atoms with Crippen molar-refractivity contribution in [2.75, 3.05) is 6.54 Å². The maximum atomic E-state index is 12.7. The van der Waals surface area contributed by atoms with E-state index in [0.717, 1.165) is 5.57 Å². The van der Waals surface area contributed by atoms with Crippen molar-refractivity contribution in [1.82, 2.24) is 4.90 Å². The van der Waals surface area contributed by atoms with E-state index in [2.05, 4.69) is 35.8 Å². The lowest BCUT2D eigenvalue weighted by Crippen LogP contribution is -2.29. The molecule has 1 N–H and O–H groups in total. The third-order valence-corrected chi connectivity index (χ3v) is 7.42. The number of benzene rings is 1. The number of carbonyl (C=O) groups is 2. The molecule has 2 heterocycles. The second-order valence-corrected chi connectivity index (χ2v) is 9.21. The number of hydrogen-bond acceptors (Lipinski definition) is 5. The van der Waals surface area contributed by atoms with E-state index in [4.69, 9.17) is 17.3 Å². The van der Waals surface area contributed by atoms with Gasteiger partial charge in [0.25, 0.3) is 5.91 Å². The molecule has 4 nitrogen and oxygen atoms in total. The van der Waals surface area contributed by atoms with E-state index in [1.807, 2.05) is 12.1 Å². The van der Waals surface area contributed by atoms with Crippen LogP contribution in [0.3, 0.4) is 0 Å². The minimum Gasteiger partial charge on any atom is -0.481 e. The number of thioether (sulfide) groups is 2. The summed E-state index contributed by atoms with van der Waals surface area (Å²) < 4.78 is 0.504. The number of thiocarbonyl (C=S) groups is 1. The van der Waals surface area contributed by atoms with Crippen molar-refractivity contribution in [3.8, 4) is 0 Å². The Labute approximate surface area is 171 Å². The summed E-state index contributed by atoms with van der Waals surface area (Å²) >= 11 is 8.41. The fourth-order valence-corrected chi connectivity index (χ4v) is 6.08. The minimum absolute atomic E-state index is 0.0336. The van der Waals surface area contributed by atoms with Crippen LogP contribution in [-0.2, 0) is 9.59 Å². The summed E-state index contributed by atoms with van der Waals surface area (Å²) in [7, 11) is 0. The Hall–Kier alpha value is -1.83. The monoisotopic (exact) mass is 415 g/mol. The molecule has 1 aliphatic carbocycles. The van der Waals surface area contributed by atoms with Crippen LogP contribution in [0, 0.1) is 5.92 Å². The van der Waals surface area contributed by atoms with Crippen molar-refractivity contribution in [3.63, 3.8) is 0 Å². The fraction of sp³-hybridized carbons (Fsp3) is 0.250. The van der Waals surface area contributed by atoms with Gasteiger partial charge in [0.05, 0.1) is 4.91 Å². The molecule has 0 bridgehead atoms. The van der Waals surface area contributed by atoms with Crippen LogP contribution in [0.2, 0.25) is 0 Å². The number of fused-ring (bicyclic) bond motifs is 3. The van der Waals surface area contributed by atoms with Gasteiger partial charge in [-0.2, -0.15) is 0 Å². The molecule has 138 valence electrons. The molecule has 27 heavy (non-hydrogen) atoms. The summed E-state index contributed by atoms with van der Waals surface area (Å²) in [5.74, 6) is -0.732. The number of nitrogens with zero attached hydrogens (tertiary/aromatic N) is 1. The van der Waals surface area contributed by atoms with E-state index < -0.39 is 5.97 Å². The van der Waals surface area contributed by atoms with Crippen LogP contribution in [0.5, 0.6) is 0 Å². The normalized spacial score (nSPS) is 25.0. The molecule has 0 spiro atoms. The molecular formula is C20H17NO3S3. The van der Waals surface area contributed by atoms with Gasteiger partial charge in [-0.05, 0) is 34.6 Å². The van der Waals surface area contributed by atoms with Crippen LogP contribution >= 0.6 is 35.7 Å². The highest BCUT2D eigenvalue weighted by Gasteiger charge is 2.36. The molecule has 1 amide bonds. The van der Waals surface area contributed by atoms with E-state index in [-0.39, 0.29) is 18.2 Å². The van der Waals surface area contributed by atoms with Gasteiger partial charge in [-0.3, -0.25) is 14.5 Å². The summed E-state index contributed by atoms with van der Waals surface area (Å²) in [6.45, 7) is 0.349. The topological polar surface area (TPSA) is 57.6 Å². The van der Waals surface area contributed by atoms with Gasteiger partial charge in [0, 0.05) is 24.1 Å². The minimum atomic E-state index is -0.862. The second kappa shape index (κ2) is 7.66. The van der Waals surface area contributed by atoms with Crippen molar-refractivity contribution in [3.05, 3.63) is 63.4 Å². The molecule has 1 aromatic carbocycles. The first-order chi connectivity index (χ1) is 13.0. The van der Waals surface area contributed by atoms with Crippen molar-refractivity contribution < 1.29 is 14.7 Å². The Kier molecular flexibility index (Phi) is 5.25. The molecule has 2 unspecified atom stereocenters. The summed E-state index contributed by atoms with van der Waals surface area (Å²) in [6.07, 6.45) is 6.75. The Bertz CT molecular complexity index is 919. The first-order valence-corrected chi connectivity index (χ1v) is 10.8. The summed E-state index contributed by atoms with van der Waals surface area (Å²) in [4.78, 5) is 25.5. The zero-order valence-electron chi connectivity index (χ0n) is 14.3. The van der Waals surface area contributed by atoms with E-state index >= 15 is 0 Å². The van der Waals surface area contributed by atoms with Crippen LogP contribution in [0.4, 0.5) is 0 Å². The van der Waals surface area contributed by atoms with Gasteiger partial charge >= 0.3 is 5.97 Å². The first kappa shape index (κ1) is 18.5. The van der Waals surface area contributed by atoms with Gasteiger partial charge in [0.2, 0.25) is 0 Å². The summed E-state index contributed by atoms with van der Waals surface area (Å²) in [5, 5.41) is 11.3. The zero-order valence-corrected chi connectivity index (χ0v) is 16.8. The van der Waals surface area contributed by atoms with Crippen LogP contribution in [-0.4, -0.2) is 32.7 Å². The van der Waals surface area contributed by atoms with E-state index in [1.165, 1.54) is 27.8 Å². The fourth-order valence-electron chi connectivity index (χ4n) is 3.46. The number of carbonyl (C=O) groups excluding carboxylic acids is 1. The molecule has 0 radical (unpaired) electrons. The Morgan fingerprint density at radius 1 is 1.33 bits per heavy atom. The third-order valence-electron chi connectivity index (χ3n) is 4.79. The number of carboxylic acids is 1. The van der Waals surface area contributed by atoms with Gasteiger partial charge in [0.15, 0.2) is 0 Å². The third kappa shape index (κ3) is 3.63. The number of aliphatic carboxylic acids is 1. The van der Waals surface area contributed by atoms with Crippen LogP contribution in [0.1, 0.15) is 29.2 Å². The predicted molar refractivity (Wildman–Crippen MR) is 114 cm³/mol. The van der Waals surface area contributed by atoms with Crippen molar-refractivity contribution in [2.45, 2.75) is 18.1 Å². The van der Waals surface area contributed by atoms with Gasteiger partial charge < -0.3 is 5.11 Å². The van der Waals surface area contributed by atoms with Gasteiger partial charge in [-0.25, -0.2) is 0 Å². The Balaban J connectivity index is 1.49. The Morgan fingerprint density at radius 2 is 2.15 bits per heavy atom. The molecular weight excluding hydrogens is 398 g/mol. The van der Waals surface area contributed by atoms with E-state index in [0.29, 0.717) is 27.4 Å². The highest BCUT2D eigenvalue weighted by atomic mass is 32.2. The molecule has 4 rings (SSSR count). The number of allylic oxidation sites excluding steroid dienone is 3. The summed E-state index contributed by atoms with van der Waals surface area (Å²) in [5.41, 5.74) is 3.71. The standard InChI is InChI=1S/C20H17NO3S3/c22-17(23)6-3-9-21-19(24)16(27-20(21)25)10-13-11-26-18-14-5-2-1-4-12(14)7-8-15(13)18/h1-2,4-5,7-8,10-11,15,18H,3,6,9H2,(H,22,23). The van der Waals surface area contributed by atoms with Crippen LogP contribution < -0.4 is 0 Å². The SMILES string of the molecule is O=C(O)CCCN1C(=O)C(=CC2=CSC3c4ccccc4C=CC23)SC1=S. The molecule has 0 aromatic heterocycles. The van der Waals surface area contributed by atoms with E-state index in [9.17, 15) is 9.59 Å². The highest BCUT2D eigenvalue weighted by Crippen LogP contribution is 2.52. The number of rotatable bonds is 5. The van der Waals surface area contributed by atoms with Gasteiger partial charge in [-0.1, -0.05) is 60.4 Å². The summed E-state index contributed by atoms with van der Waals surface area (Å²) in [6, 6.07) is 8.41. The second-order valence-electron chi connectivity index (χ2n) is 6.52. The largest absolute Gasteiger partial charge is 0.481 e. The first-order valence-electron chi connectivity index (χ1n) is 8.64. The van der Waals surface area contributed by atoms with Crippen LogP contribution in [0.25, 0.3) is 6.08 Å². The lowest BCUT2D eigenvalue weighted by Gasteiger charge is -2.24. The molecule has 0 saturated carbocycles. The maximum absolute atomic E-state index is 12.7. The number of amides is 1. The number of carboxylic acid groups (broad SMARTS) is 1. The predicted octanol–water partition coefficient (Wildman–Crippen LogP) is 4.61. The average Bonchev–Trinajstić information content (AvgIpc) is 3.18. The molecule has 2 atom stereocenters. The molecule has 1 aromatic rings. The maximum Gasteiger partial charge on any atom is 0.303 e. The zero-order chi connectivity index (χ0) is 19.0. The van der Waals surface area contributed by atoms with Crippen molar-refractivity contribution in [1.29, 1.82) is 0 Å². The van der Waals surface area contributed by atoms with Gasteiger partial charge in [-0.15, -0.1) is 11.8 Å². The van der Waals surface area contributed by atoms with Gasteiger partial charge in [0.1, 0.15) is 4.32 Å². The molecule has 1 fully saturated rings.